The van der Waals surface area contributed by atoms with E-state index in [-0.39, 0.29) is 5.91 Å². The van der Waals surface area contributed by atoms with E-state index >= 15 is 0 Å². The van der Waals surface area contributed by atoms with Crippen LogP contribution in [0, 0.1) is 0 Å². The number of ether oxygens (including phenoxy) is 1. The van der Waals surface area contributed by atoms with E-state index in [2.05, 4.69) is 22.3 Å². The molecule has 0 atom stereocenters. The molecule has 0 aliphatic carbocycles. The molecule has 0 bridgehead atoms. The Balaban J connectivity index is 1.83. The van der Waals surface area contributed by atoms with Gasteiger partial charge in [0, 0.05) is 24.0 Å². The monoisotopic (exact) mass is 348 g/mol. The average molecular weight is 348 g/mol. The molecule has 0 unspecified atom stereocenters. The number of fused-ring (bicyclic) bond motifs is 1. The van der Waals surface area contributed by atoms with Crippen LogP contribution in [0.1, 0.15) is 21.5 Å². The molecule has 26 heavy (non-hydrogen) atoms. The van der Waals surface area contributed by atoms with Crippen molar-refractivity contribution in [1.82, 2.24) is 10.2 Å². The number of nitrogens with zero attached hydrogens (tertiary/aromatic N) is 1. The van der Waals surface area contributed by atoms with Crippen LogP contribution in [0.3, 0.4) is 0 Å². The third-order valence-electron chi connectivity index (χ3n) is 4.39. The first-order valence-corrected chi connectivity index (χ1v) is 8.65. The zero-order valence-corrected chi connectivity index (χ0v) is 15.5. The molecule has 1 amide bonds. The maximum absolute atomic E-state index is 12.8. The molecule has 0 heterocycles. The van der Waals surface area contributed by atoms with Gasteiger partial charge in [-0.15, -0.1) is 0 Å². The summed E-state index contributed by atoms with van der Waals surface area (Å²) in [4.78, 5) is 14.9. The number of benzene rings is 3. The van der Waals surface area contributed by atoms with Crippen molar-refractivity contribution in [3.05, 3.63) is 77.4 Å². The Bertz CT molecular complexity index is 919. The van der Waals surface area contributed by atoms with Gasteiger partial charge in [-0.05, 0) is 42.7 Å². The molecular formula is C22H24N2O2. The molecule has 0 aliphatic heterocycles. The SMILES string of the molecule is COc1ccc(C(=O)NCc2ccccc2CN(C)C)c2ccccc12. The number of hydrogen-bond acceptors (Lipinski definition) is 3. The molecule has 3 aromatic rings. The van der Waals surface area contributed by atoms with Crippen molar-refractivity contribution >= 4 is 16.7 Å². The first-order chi connectivity index (χ1) is 12.6. The van der Waals surface area contributed by atoms with Gasteiger partial charge in [-0.1, -0.05) is 48.5 Å². The van der Waals surface area contributed by atoms with Gasteiger partial charge in [0.15, 0.2) is 0 Å². The Labute approximate surface area is 154 Å². The second kappa shape index (κ2) is 8.02. The van der Waals surface area contributed by atoms with Gasteiger partial charge in [-0.25, -0.2) is 0 Å². The minimum atomic E-state index is -0.0801. The Hall–Kier alpha value is -2.85. The molecule has 3 rings (SSSR count). The molecule has 0 radical (unpaired) electrons. The van der Waals surface area contributed by atoms with Gasteiger partial charge in [0.25, 0.3) is 5.91 Å². The number of carbonyl (C=O) groups is 1. The molecule has 1 N–H and O–H groups in total. The number of nitrogens with one attached hydrogen (secondary N) is 1. The van der Waals surface area contributed by atoms with E-state index in [4.69, 9.17) is 4.74 Å². The Morgan fingerprint density at radius 1 is 0.923 bits per heavy atom. The lowest BCUT2D eigenvalue weighted by Crippen LogP contribution is -2.24. The molecule has 0 saturated carbocycles. The van der Waals surface area contributed by atoms with Crippen molar-refractivity contribution in [2.75, 3.05) is 21.2 Å². The zero-order valence-electron chi connectivity index (χ0n) is 15.5. The van der Waals surface area contributed by atoms with Crippen LogP contribution in [0.4, 0.5) is 0 Å². The summed E-state index contributed by atoms with van der Waals surface area (Å²) in [6.07, 6.45) is 0. The maximum Gasteiger partial charge on any atom is 0.252 e. The highest BCUT2D eigenvalue weighted by Gasteiger charge is 2.13. The molecule has 0 aliphatic rings. The van der Waals surface area contributed by atoms with Crippen LogP contribution >= 0.6 is 0 Å². The lowest BCUT2D eigenvalue weighted by Gasteiger charge is -2.15. The van der Waals surface area contributed by atoms with Crippen LogP contribution < -0.4 is 10.1 Å². The fourth-order valence-corrected chi connectivity index (χ4v) is 3.14. The minimum Gasteiger partial charge on any atom is -0.496 e. The summed E-state index contributed by atoms with van der Waals surface area (Å²) in [6.45, 7) is 1.35. The van der Waals surface area contributed by atoms with Crippen LogP contribution in [0.5, 0.6) is 5.75 Å². The molecule has 4 nitrogen and oxygen atoms in total. The molecule has 0 aromatic heterocycles. The molecular weight excluding hydrogens is 324 g/mol. The quantitative estimate of drug-likeness (QED) is 0.736. The summed E-state index contributed by atoms with van der Waals surface area (Å²) in [5.74, 6) is 0.692. The highest BCUT2D eigenvalue weighted by molar-refractivity contribution is 6.08. The lowest BCUT2D eigenvalue weighted by molar-refractivity contribution is 0.0952. The topological polar surface area (TPSA) is 41.6 Å². The molecule has 0 saturated heterocycles. The van der Waals surface area contributed by atoms with E-state index in [1.807, 2.05) is 62.6 Å². The van der Waals surface area contributed by atoms with Gasteiger partial charge in [0.05, 0.1) is 7.11 Å². The first-order valence-electron chi connectivity index (χ1n) is 8.65. The number of rotatable bonds is 6. The summed E-state index contributed by atoms with van der Waals surface area (Å²) < 4.78 is 5.41. The van der Waals surface area contributed by atoms with Crippen molar-refractivity contribution in [2.24, 2.45) is 0 Å². The smallest absolute Gasteiger partial charge is 0.252 e. The van der Waals surface area contributed by atoms with Crippen molar-refractivity contribution in [3.63, 3.8) is 0 Å². The first kappa shape index (κ1) is 18.0. The van der Waals surface area contributed by atoms with E-state index in [0.29, 0.717) is 12.1 Å². The van der Waals surface area contributed by atoms with Crippen LogP contribution in [0.15, 0.2) is 60.7 Å². The number of hydrogen-bond donors (Lipinski definition) is 1. The molecule has 3 aromatic carbocycles. The fraction of sp³-hybridized carbons (Fsp3) is 0.227. The van der Waals surface area contributed by atoms with Gasteiger partial charge in [-0.3, -0.25) is 4.79 Å². The summed E-state index contributed by atoms with van der Waals surface area (Å²) >= 11 is 0. The third kappa shape index (κ3) is 3.86. The average Bonchev–Trinajstić information content (AvgIpc) is 2.65. The predicted molar refractivity (Wildman–Crippen MR) is 106 cm³/mol. The van der Waals surface area contributed by atoms with E-state index in [9.17, 15) is 4.79 Å². The Kier molecular flexibility index (Phi) is 5.54. The van der Waals surface area contributed by atoms with Crippen molar-refractivity contribution in [2.45, 2.75) is 13.1 Å². The number of amides is 1. The zero-order chi connectivity index (χ0) is 18.5. The molecule has 134 valence electrons. The van der Waals surface area contributed by atoms with Crippen molar-refractivity contribution < 1.29 is 9.53 Å². The Morgan fingerprint density at radius 2 is 1.58 bits per heavy atom. The molecule has 0 fully saturated rings. The largest absolute Gasteiger partial charge is 0.496 e. The van der Waals surface area contributed by atoms with Crippen molar-refractivity contribution in [1.29, 1.82) is 0 Å². The summed E-state index contributed by atoms with van der Waals surface area (Å²) in [6, 6.07) is 19.7. The fourth-order valence-electron chi connectivity index (χ4n) is 3.14. The highest BCUT2D eigenvalue weighted by Crippen LogP contribution is 2.28. The second-order valence-electron chi connectivity index (χ2n) is 6.55. The van der Waals surface area contributed by atoms with E-state index in [1.165, 1.54) is 5.56 Å². The molecule has 0 spiro atoms. The summed E-state index contributed by atoms with van der Waals surface area (Å²) in [7, 11) is 5.72. The van der Waals surface area contributed by atoms with Crippen LogP contribution in [-0.4, -0.2) is 32.0 Å². The van der Waals surface area contributed by atoms with E-state index in [1.54, 1.807) is 7.11 Å². The second-order valence-corrected chi connectivity index (χ2v) is 6.55. The third-order valence-corrected chi connectivity index (χ3v) is 4.39. The number of carbonyl (C=O) groups excluding carboxylic acids is 1. The van der Waals surface area contributed by atoms with Gasteiger partial charge in [0.1, 0.15) is 5.75 Å². The minimum absolute atomic E-state index is 0.0801. The van der Waals surface area contributed by atoms with E-state index < -0.39 is 0 Å². The number of methoxy groups -OCH3 is 1. The van der Waals surface area contributed by atoms with Gasteiger partial charge >= 0.3 is 0 Å². The van der Waals surface area contributed by atoms with Gasteiger partial charge < -0.3 is 15.0 Å². The van der Waals surface area contributed by atoms with Crippen molar-refractivity contribution in [3.8, 4) is 5.75 Å². The summed E-state index contributed by atoms with van der Waals surface area (Å²) in [5, 5.41) is 4.90. The van der Waals surface area contributed by atoms with Crippen LogP contribution in [0.2, 0.25) is 0 Å². The van der Waals surface area contributed by atoms with E-state index in [0.717, 1.165) is 28.6 Å². The van der Waals surface area contributed by atoms with Gasteiger partial charge in [-0.2, -0.15) is 0 Å². The summed E-state index contributed by atoms with van der Waals surface area (Å²) in [5.41, 5.74) is 3.01. The van der Waals surface area contributed by atoms with Crippen LogP contribution in [-0.2, 0) is 13.1 Å². The molecule has 4 heteroatoms. The maximum atomic E-state index is 12.8. The standard InChI is InChI=1S/C22H24N2O2/c1-24(2)15-17-9-5-4-8-16(17)14-23-22(25)20-12-13-21(26-3)19-11-7-6-10-18(19)20/h4-13H,14-15H2,1-3H3,(H,23,25). The Morgan fingerprint density at radius 3 is 2.27 bits per heavy atom. The predicted octanol–water partition coefficient (Wildman–Crippen LogP) is 3.84. The highest BCUT2D eigenvalue weighted by atomic mass is 16.5. The normalized spacial score (nSPS) is 10.9. The van der Waals surface area contributed by atoms with Crippen LogP contribution in [0.25, 0.3) is 10.8 Å². The lowest BCUT2D eigenvalue weighted by atomic mass is 10.0. The van der Waals surface area contributed by atoms with Gasteiger partial charge in [0.2, 0.25) is 0 Å².